The quantitative estimate of drug-likeness (QED) is 0.616. The number of hydrogen-bond acceptors (Lipinski definition) is 1. The monoisotopic (exact) mass is 270 g/mol. The zero-order valence-electron chi connectivity index (χ0n) is 12.9. The van der Waals surface area contributed by atoms with Gasteiger partial charge in [0, 0.05) is 6.42 Å². The Morgan fingerprint density at radius 2 is 1.95 bits per heavy atom. The molecule has 0 unspecified atom stereocenters. The van der Waals surface area contributed by atoms with Gasteiger partial charge in [0.2, 0.25) is 0 Å². The number of carbonyl (C=O) groups is 1. The molecule has 2 fully saturated rings. The van der Waals surface area contributed by atoms with Crippen molar-refractivity contribution in [3.05, 3.63) is 22.8 Å². The van der Waals surface area contributed by atoms with Crippen molar-refractivity contribution in [3.63, 3.8) is 0 Å². The van der Waals surface area contributed by atoms with E-state index < -0.39 is 0 Å². The minimum atomic E-state index is 0.359. The molecule has 0 bridgehead atoms. The highest BCUT2D eigenvalue weighted by molar-refractivity contribution is 5.93. The molecule has 1 nitrogen and oxygen atoms in total. The van der Waals surface area contributed by atoms with Gasteiger partial charge in [-0.2, -0.15) is 0 Å². The molecule has 2 saturated carbocycles. The third kappa shape index (κ3) is 1.64. The van der Waals surface area contributed by atoms with Crippen LogP contribution in [0, 0.1) is 23.2 Å². The Labute approximate surface area is 122 Å². The van der Waals surface area contributed by atoms with Crippen molar-refractivity contribution in [2.75, 3.05) is 0 Å². The summed E-state index contributed by atoms with van der Waals surface area (Å²) in [6.45, 7) is 5.04. The van der Waals surface area contributed by atoms with Crippen LogP contribution in [0.1, 0.15) is 65.2 Å². The molecule has 20 heavy (non-hydrogen) atoms. The second kappa shape index (κ2) is 4.32. The molecule has 4 rings (SSSR count). The molecule has 108 valence electrons. The lowest BCUT2D eigenvalue weighted by Crippen LogP contribution is -2.39. The molecule has 0 radical (unpaired) electrons. The van der Waals surface area contributed by atoms with Gasteiger partial charge in [-0.1, -0.05) is 19.4 Å². The van der Waals surface area contributed by atoms with Crippen molar-refractivity contribution in [2.45, 2.75) is 65.2 Å². The Hall–Kier alpha value is -0.850. The van der Waals surface area contributed by atoms with Crippen molar-refractivity contribution in [2.24, 2.45) is 23.2 Å². The summed E-state index contributed by atoms with van der Waals surface area (Å²) in [6.07, 6.45) is 11.8. The lowest BCUT2D eigenvalue weighted by atomic mass is 9.56. The zero-order chi connectivity index (χ0) is 13.9. The van der Waals surface area contributed by atoms with Crippen LogP contribution in [0.3, 0.4) is 0 Å². The summed E-state index contributed by atoms with van der Waals surface area (Å²) in [7, 11) is 0. The van der Waals surface area contributed by atoms with Crippen LogP contribution >= 0.6 is 0 Å². The van der Waals surface area contributed by atoms with Crippen LogP contribution in [0.25, 0.3) is 0 Å². The largest absolute Gasteiger partial charge is 0.295 e. The predicted octanol–water partition coefficient (Wildman–Crippen LogP) is 4.83. The molecule has 0 amide bonds. The fraction of sp³-hybridized carbons (Fsp3) is 0.737. The minimum absolute atomic E-state index is 0.359. The van der Waals surface area contributed by atoms with Crippen molar-refractivity contribution < 1.29 is 4.79 Å². The summed E-state index contributed by atoms with van der Waals surface area (Å²) in [5.41, 5.74) is 5.39. The van der Waals surface area contributed by atoms with E-state index in [0.29, 0.717) is 11.2 Å². The van der Waals surface area contributed by atoms with E-state index in [1.165, 1.54) is 37.7 Å². The number of ketones is 1. The fourth-order valence-electron chi connectivity index (χ4n) is 5.79. The highest BCUT2D eigenvalue weighted by Gasteiger charge is 2.51. The molecule has 4 aliphatic carbocycles. The zero-order valence-corrected chi connectivity index (χ0v) is 12.9. The highest BCUT2D eigenvalue weighted by Crippen LogP contribution is 2.61. The Morgan fingerprint density at radius 1 is 1.10 bits per heavy atom. The van der Waals surface area contributed by atoms with Crippen LogP contribution in [0.2, 0.25) is 0 Å². The third-order valence-corrected chi connectivity index (χ3v) is 7.21. The van der Waals surface area contributed by atoms with Gasteiger partial charge in [0.25, 0.3) is 0 Å². The topological polar surface area (TPSA) is 17.1 Å². The average Bonchev–Trinajstić information content (AvgIpc) is 2.74. The van der Waals surface area contributed by atoms with Crippen LogP contribution in [-0.4, -0.2) is 5.78 Å². The summed E-state index contributed by atoms with van der Waals surface area (Å²) in [5.74, 6) is 3.04. The molecule has 0 spiro atoms. The van der Waals surface area contributed by atoms with E-state index in [4.69, 9.17) is 0 Å². The molecule has 0 heterocycles. The summed E-state index contributed by atoms with van der Waals surface area (Å²) in [4.78, 5) is 11.7. The van der Waals surface area contributed by atoms with E-state index in [-0.39, 0.29) is 0 Å². The molecule has 1 heteroatoms. The maximum atomic E-state index is 11.7. The van der Waals surface area contributed by atoms with Gasteiger partial charge in [0.1, 0.15) is 0 Å². The van der Waals surface area contributed by atoms with Gasteiger partial charge in [-0.15, -0.1) is 0 Å². The lowest BCUT2D eigenvalue weighted by molar-refractivity contribution is -0.114. The molecule has 0 aliphatic heterocycles. The molecule has 0 aromatic heterocycles. The number of carbonyl (C=O) groups excluding carboxylic acids is 1. The smallest absolute Gasteiger partial charge is 0.156 e. The summed E-state index contributed by atoms with van der Waals surface area (Å²) < 4.78 is 0. The maximum Gasteiger partial charge on any atom is 0.156 e. The van der Waals surface area contributed by atoms with E-state index in [2.05, 4.69) is 13.8 Å². The van der Waals surface area contributed by atoms with Gasteiger partial charge < -0.3 is 0 Å². The van der Waals surface area contributed by atoms with Crippen molar-refractivity contribution in [3.8, 4) is 0 Å². The summed E-state index contributed by atoms with van der Waals surface area (Å²) >= 11 is 0. The van der Waals surface area contributed by atoms with E-state index in [9.17, 15) is 4.79 Å². The van der Waals surface area contributed by atoms with Crippen molar-refractivity contribution in [1.29, 1.82) is 0 Å². The van der Waals surface area contributed by atoms with E-state index in [1.54, 1.807) is 11.1 Å². The van der Waals surface area contributed by atoms with Gasteiger partial charge in [0.05, 0.1) is 0 Å². The van der Waals surface area contributed by atoms with Crippen molar-refractivity contribution in [1.82, 2.24) is 0 Å². The van der Waals surface area contributed by atoms with Gasteiger partial charge in [-0.05, 0) is 85.3 Å². The molecule has 4 atom stereocenters. The van der Waals surface area contributed by atoms with E-state index in [0.717, 1.165) is 37.0 Å². The number of allylic oxidation sites excluding steroid dienone is 4. The number of hydrogen-bond donors (Lipinski definition) is 0. The Kier molecular flexibility index (Phi) is 2.78. The van der Waals surface area contributed by atoms with Crippen LogP contribution in [0.5, 0.6) is 0 Å². The highest BCUT2D eigenvalue weighted by atomic mass is 16.1. The molecule has 0 aromatic carbocycles. The standard InChI is InChI=1S/C19H26O/c1-12-3-8-18-17-6-4-13-11-14(20)5-7-15(13)16(17)9-10-19(12,18)2/h11-12,17-18H,3-10H2,1-2H3/t12-,17-,18+,19-/m1/s1. The fourth-order valence-corrected chi connectivity index (χ4v) is 5.79. The first kappa shape index (κ1) is 12.9. The second-order valence-corrected chi connectivity index (χ2v) is 7.88. The van der Waals surface area contributed by atoms with Gasteiger partial charge in [-0.25, -0.2) is 0 Å². The lowest BCUT2D eigenvalue weighted by Gasteiger charge is -2.48. The SMILES string of the molecule is C[C@@H]1CC[C@H]2[C@@H]3CCC4=CC(=O)CCC4=C3CC[C@]12C. The summed E-state index contributed by atoms with van der Waals surface area (Å²) in [6, 6.07) is 0. The molecule has 0 aromatic rings. The number of rotatable bonds is 0. The van der Waals surface area contributed by atoms with Crippen LogP contribution in [0.4, 0.5) is 0 Å². The van der Waals surface area contributed by atoms with Crippen LogP contribution in [0.15, 0.2) is 22.8 Å². The average molecular weight is 270 g/mol. The third-order valence-electron chi connectivity index (χ3n) is 7.21. The normalized spacial score (nSPS) is 43.8. The van der Waals surface area contributed by atoms with Gasteiger partial charge in [-0.3, -0.25) is 4.79 Å². The molecular weight excluding hydrogens is 244 g/mol. The maximum absolute atomic E-state index is 11.7. The first-order valence-electron chi connectivity index (χ1n) is 8.55. The Morgan fingerprint density at radius 3 is 2.80 bits per heavy atom. The van der Waals surface area contributed by atoms with Gasteiger partial charge in [0.15, 0.2) is 5.78 Å². The first-order valence-corrected chi connectivity index (χ1v) is 8.55. The van der Waals surface area contributed by atoms with Crippen LogP contribution in [-0.2, 0) is 4.79 Å². The molecule has 4 aliphatic rings. The molecule has 0 saturated heterocycles. The summed E-state index contributed by atoms with van der Waals surface area (Å²) in [5, 5.41) is 0. The van der Waals surface area contributed by atoms with E-state index in [1.807, 2.05) is 6.08 Å². The molecular formula is C19H26O. The van der Waals surface area contributed by atoms with Gasteiger partial charge >= 0.3 is 0 Å². The Bertz CT molecular complexity index is 524. The molecule has 0 N–H and O–H groups in total. The van der Waals surface area contributed by atoms with E-state index >= 15 is 0 Å². The Balaban J connectivity index is 1.74. The predicted molar refractivity (Wildman–Crippen MR) is 81.3 cm³/mol. The minimum Gasteiger partial charge on any atom is -0.295 e. The second-order valence-electron chi connectivity index (χ2n) is 7.88. The number of fused-ring (bicyclic) bond motifs is 4. The first-order chi connectivity index (χ1) is 9.59. The van der Waals surface area contributed by atoms with Crippen molar-refractivity contribution >= 4 is 5.78 Å². The van der Waals surface area contributed by atoms with Crippen LogP contribution < -0.4 is 0 Å².